The molecule has 1 saturated heterocycles. The smallest absolute Gasteiger partial charge is 0.222 e. The highest BCUT2D eigenvalue weighted by atomic mass is 15.2. The van der Waals surface area contributed by atoms with Crippen LogP contribution in [-0.4, -0.2) is 40.3 Å². The highest BCUT2D eigenvalue weighted by molar-refractivity contribution is 5.64. The fourth-order valence-corrected chi connectivity index (χ4v) is 2.49. The number of aromatic nitrogens is 4. The molecule has 1 aliphatic heterocycles. The van der Waals surface area contributed by atoms with E-state index < -0.39 is 0 Å². The topological polar surface area (TPSA) is 110 Å². The van der Waals surface area contributed by atoms with E-state index in [2.05, 4.69) is 37.7 Å². The van der Waals surface area contributed by atoms with Gasteiger partial charge in [0, 0.05) is 19.2 Å². The maximum atomic E-state index is 5.84. The summed E-state index contributed by atoms with van der Waals surface area (Å²) in [6, 6.07) is 1.99. The third-order valence-electron chi connectivity index (χ3n) is 3.51. The Morgan fingerprint density at radius 2 is 1.83 bits per heavy atom. The van der Waals surface area contributed by atoms with Crippen LogP contribution in [0.25, 0.3) is 11.4 Å². The van der Waals surface area contributed by atoms with Crippen molar-refractivity contribution < 1.29 is 0 Å². The number of nitrogens with one attached hydrogen (secondary N) is 1. The summed E-state index contributed by atoms with van der Waals surface area (Å²) in [5.74, 6) is 1.23. The van der Waals surface area contributed by atoms with Crippen molar-refractivity contribution in [1.29, 1.82) is 0 Å². The lowest BCUT2D eigenvalue weighted by Crippen LogP contribution is -2.20. The van der Waals surface area contributed by atoms with Gasteiger partial charge in [-0.25, -0.2) is 4.98 Å². The van der Waals surface area contributed by atoms with Gasteiger partial charge in [-0.1, -0.05) is 20.8 Å². The predicted molar refractivity (Wildman–Crippen MR) is 96.3 cm³/mol. The number of rotatable bonds is 3. The molecule has 0 aliphatic carbocycles. The van der Waals surface area contributed by atoms with Gasteiger partial charge in [0.1, 0.15) is 5.82 Å². The number of nitrogen functional groups attached to an aromatic ring is 1. The van der Waals surface area contributed by atoms with Crippen molar-refractivity contribution >= 4 is 11.8 Å². The highest BCUT2D eigenvalue weighted by Crippen LogP contribution is 2.25. The van der Waals surface area contributed by atoms with E-state index in [1.807, 2.05) is 26.1 Å². The molecular weight excluding hydrogens is 290 g/mol. The van der Waals surface area contributed by atoms with Crippen molar-refractivity contribution in [3.63, 3.8) is 0 Å². The van der Waals surface area contributed by atoms with E-state index in [4.69, 9.17) is 5.73 Å². The number of hydrogen-bond donors (Lipinski definition) is 3. The quantitative estimate of drug-likeness (QED) is 0.800. The van der Waals surface area contributed by atoms with Gasteiger partial charge < -0.3 is 16.4 Å². The van der Waals surface area contributed by atoms with Crippen LogP contribution in [0.4, 0.5) is 11.8 Å². The molecule has 23 heavy (non-hydrogen) atoms. The Bertz CT molecular complexity index is 574. The van der Waals surface area contributed by atoms with Crippen LogP contribution in [0, 0.1) is 0 Å². The van der Waals surface area contributed by atoms with Crippen molar-refractivity contribution in [1.82, 2.24) is 20.2 Å². The van der Waals surface area contributed by atoms with E-state index >= 15 is 0 Å². The second-order valence-electron chi connectivity index (χ2n) is 4.79. The summed E-state index contributed by atoms with van der Waals surface area (Å²) in [4.78, 5) is 10.9. The number of nitrogens with two attached hydrogens (primary N) is 2. The summed E-state index contributed by atoms with van der Waals surface area (Å²) in [6.07, 6.45) is 5.17. The molecule has 0 radical (unpaired) electrons. The van der Waals surface area contributed by atoms with E-state index in [1.54, 1.807) is 0 Å². The van der Waals surface area contributed by atoms with Crippen LogP contribution in [0.15, 0.2) is 12.3 Å². The SMILES string of the molecule is CC.CCc1cn[nH]c1-c1cc(N2CCCC2)nc(N)n1.CN. The van der Waals surface area contributed by atoms with Crippen molar-refractivity contribution in [3.05, 3.63) is 17.8 Å². The monoisotopic (exact) mass is 319 g/mol. The normalized spacial score (nSPS) is 13.0. The molecule has 5 N–H and O–H groups in total. The molecule has 0 atom stereocenters. The lowest BCUT2D eigenvalue weighted by atomic mass is 10.1. The molecule has 3 rings (SSSR count). The van der Waals surface area contributed by atoms with Crippen molar-refractivity contribution in [2.75, 3.05) is 30.8 Å². The summed E-state index contributed by atoms with van der Waals surface area (Å²) in [6.45, 7) is 8.18. The van der Waals surface area contributed by atoms with Crippen LogP contribution in [0.5, 0.6) is 0 Å². The molecule has 128 valence electrons. The Balaban J connectivity index is 0.000000615. The van der Waals surface area contributed by atoms with Gasteiger partial charge in [-0.3, -0.25) is 5.10 Å². The lowest BCUT2D eigenvalue weighted by molar-refractivity contribution is 0.930. The highest BCUT2D eigenvalue weighted by Gasteiger charge is 2.17. The Morgan fingerprint density at radius 3 is 2.43 bits per heavy atom. The largest absolute Gasteiger partial charge is 0.368 e. The van der Waals surface area contributed by atoms with Crippen LogP contribution in [0.1, 0.15) is 39.2 Å². The number of hydrogen-bond acceptors (Lipinski definition) is 6. The standard InChI is InChI=1S/C13H18N6.C2H6.CH5N/c1-2-9-8-15-18-12(9)10-7-11(17-13(14)16-10)19-5-3-4-6-19;2*1-2/h7-8H,2-6H2,1H3,(H,15,18)(H2,14,16,17);1-2H3;2H2,1H3. The number of nitrogens with zero attached hydrogens (tertiary/aromatic N) is 4. The zero-order chi connectivity index (χ0) is 17.2. The summed E-state index contributed by atoms with van der Waals surface area (Å²) in [5.41, 5.74) is 13.3. The average molecular weight is 319 g/mol. The van der Waals surface area contributed by atoms with E-state index in [-0.39, 0.29) is 0 Å². The number of aryl methyl sites for hydroxylation is 1. The molecule has 1 fully saturated rings. The van der Waals surface area contributed by atoms with Gasteiger partial charge in [0.25, 0.3) is 0 Å². The van der Waals surface area contributed by atoms with Gasteiger partial charge >= 0.3 is 0 Å². The minimum atomic E-state index is 0.316. The third kappa shape index (κ3) is 4.66. The van der Waals surface area contributed by atoms with Crippen molar-refractivity contribution in [2.45, 2.75) is 40.0 Å². The lowest BCUT2D eigenvalue weighted by Gasteiger charge is -2.17. The Kier molecular flexibility index (Phi) is 8.04. The first-order valence-electron chi connectivity index (χ1n) is 8.28. The van der Waals surface area contributed by atoms with Crippen LogP contribution < -0.4 is 16.4 Å². The number of anilines is 2. The van der Waals surface area contributed by atoms with Gasteiger partial charge in [-0.05, 0) is 31.9 Å². The summed E-state index contributed by atoms with van der Waals surface area (Å²) in [5, 5.41) is 7.09. The number of aromatic amines is 1. The molecule has 0 bridgehead atoms. The molecule has 0 saturated carbocycles. The first kappa shape index (κ1) is 18.9. The second kappa shape index (κ2) is 9.78. The van der Waals surface area contributed by atoms with E-state index in [0.717, 1.165) is 42.3 Å². The van der Waals surface area contributed by atoms with E-state index in [9.17, 15) is 0 Å². The van der Waals surface area contributed by atoms with Crippen molar-refractivity contribution in [2.24, 2.45) is 5.73 Å². The van der Waals surface area contributed by atoms with Crippen LogP contribution in [0.2, 0.25) is 0 Å². The van der Waals surface area contributed by atoms with Gasteiger partial charge in [-0.15, -0.1) is 0 Å². The van der Waals surface area contributed by atoms with Crippen LogP contribution in [0.3, 0.4) is 0 Å². The Hall–Kier alpha value is -2.15. The summed E-state index contributed by atoms with van der Waals surface area (Å²) >= 11 is 0. The molecule has 7 heteroatoms. The molecule has 0 unspecified atom stereocenters. The zero-order valence-corrected chi connectivity index (χ0v) is 14.6. The zero-order valence-electron chi connectivity index (χ0n) is 14.6. The van der Waals surface area contributed by atoms with Gasteiger partial charge in [0.15, 0.2) is 0 Å². The van der Waals surface area contributed by atoms with E-state index in [1.165, 1.54) is 19.9 Å². The molecule has 0 aromatic carbocycles. The first-order chi connectivity index (χ1) is 11.3. The minimum absolute atomic E-state index is 0.316. The Morgan fingerprint density at radius 1 is 1.17 bits per heavy atom. The molecule has 0 amide bonds. The molecule has 2 aromatic heterocycles. The first-order valence-corrected chi connectivity index (χ1v) is 8.28. The Labute approximate surface area is 138 Å². The molecule has 3 heterocycles. The van der Waals surface area contributed by atoms with Gasteiger partial charge in [-0.2, -0.15) is 10.1 Å². The van der Waals surface area contributed by atoms with Crippen molar-refractivity contribution in [3.8, 4) is 11.4 Å². The summed E-state index contributed by atoms with van der Waals surface area (Å²) in [7, 11) is 1.50. The van der Waals surface area contributed by atoms with Crippen LogP contribution in [-0.2, 0) is 6.42 Å². The molecular formula is C16H29N7. The predicted octanol–water partition coefficient (Wildman–Crippen LogP) is 2.21. The van der Waals surface area contributed by atoms with Gasteiger partial charge in [0.2, 0.25) is 5.95 Å². The molecule has 1 aliphatic rings. The molecule has 0 spiro atoms. The fraction of sp³-hybridized carbons (Fsp3) is 0.562. The van der Waals surface area contributed by atoms with Crippen LogP contribution >= 0.6 is 0 Å². The average Bonchev–Trinajstić information content (AvgIpc) is 3.29. The maximum absolute atomic E-state index is 5.84. The minimum Gasteiger partial charge on any atom is -0.368 e. The van der Waals surface area contributed by atoms with Gasteiger partial charge in [0.05, 0.1) is 17.6 Å². The summed E-state index contributed by atoms with van der Waals surface area (Å²) < 4.78 is 0. The van der Waals surface area contributed by atoms with E-state index in [0.29, 0.717) is 5.95 Å². The number of H-pyrrole nitrogens is 1. The maximum Gasteiger partial charge on any atom is 0.222 e. The molecule has 7 nitrogen and oxygen atoms in total. The second-order valence-corrected chi connectivity index (χ2v) is 4.79. The molecule has 2 aromatic rings. The fourth-order valence-electron chi connectivity index (χ4n) is 2.49. The third-order valence-corrected chi connectivity index (χ3v) is 3.51.